The van der Waals surface area contributed by atoms with Gasteiger partial charge < -0.3 is 24.4 Å². The SMILES string of the molecule is CCOc1ccc(N2CCn3c2nnc(C(=O)NCc2ccc4c(c2)OCO4)c3=O)cc1. The molecule has 2 aliphatic heterocycles. The molecule has 2 aromatic carbocycles. The second-order valence-electron chi connectivity index (χ2n) is 7.25. The van der Waals surface area contributed by atoms with Gasteiger partial charge in [-0.05, 0) is 48.9 Å². The molecule has 1 aromatic heterocycles. The second kappa shape index (κ2) is 8.22. The molecule has 5 rings (SSSR count). The van der Waals surface area contributed by atoms with Gasteiger partial charge in [-0.3, -0.25) is 14.2 Å². The van der Waals surface area contributed by atoms with Crippen LogP contribution in [0.2, 0.25) is 0 Å². The van der Waals surface area contributed by atoms with Crippen LogP contribution in [0.5, 0.6) is 17.2 Å². The largest absolute Gasteiger partial charge is 0.494 e. The lowest BCUT2D eigenvalue weighted by molar-refractivity contribution is 0.0942. The van der Waals surface area contributed by atoms with Crippen LogP contribution in [-0.2, 0) is 13.1 Å². The fraction of sp³-hybridized carbons (Fsp3) is 0.273. The molecule has 0 radical (unpaired) electrons. The fourth-order valence-electron chi connectivity index (χ4n) is 3.70. The molecule has 0 fully saturated rings. The maximum atomic E-state index is 12.9. The van der Waals surface area contributed by atoms with Gasteiger partial charge in [-0.15, -0.1) is 10.2 Å². The first-order valence-corrected chi connectivity index (χ1v) is 10.3. The summed E-state index contributed by atoms with van der Waals surface area (Å²) < 4.78 is 17.6. The highest BCUT2D eigenvalue weighted by molar-refractivity contribution is 5.91. The molecule has 0 aliphatic carbocycles. The number of nitrogens with one attached hydrogen (secondary N) is 1. The van der Waals surface area contributed by atoms with Crippen LogP contribution in [0.15, 0.2) is 47.3 Å². The molecule has 0 spiro atoms. The van der Waals surface area contributed by atoms with Gasteiger partial charge >= 0.3 is 0 Å². The number of amides is 1. The zero-order valence-corrected chi connectivity index (χ0v) is 17.4. The average Bonchev–Trinajstić information content (AvgIpc) is 3.45. The molecule has 10 nitrogen and oxygen atoms in total. The number of aromatic nitrogens is 3. The molecule has 2 aliphatic rings. The molecule has 0 saturated carbocycles. The van der Waals surface area contributed by atoms with Crippen LogP contribution in [0.1, 0.15) is 23.0 Å². The van der Waals surface area contributed by atoms with Crippen molar-refractivity contribution in [2.45, 2.75) is 20.0 Å². The van der Waals surface area contributed by atoms with Gasteiger partial charge in [0.1, 0.15) is 5.75 Å². The molecule has 32 heavy (non-hydrogen) atoms. The number of hydrogen-bond donors (Lipinski definition) is 1. The van der Waals surface area contributed by atoms with Crippen molar-refractivity contribution in [3.8, 4) is 17.2 Å². The third kappa shape index (κ3) is 3.59. The van der Waals surface area contributed by atoms with Gasteiger partial charge in [-0.25, -0.2) is 0 Å². The predicted molar refractivity (Wildman–Crippen MR) is 115 cm³/mol. The predicted octanol–water partition coefficient (Wildman–Crippen LogP) is 1.85. The Hall–Kier alpha value is -4.08. The van der Waals surface area contributed by atoms with Crippen LogP contribution >= 0.6 is 0 Å². The van der Waals surface area contributed by atoms with Crippen LogP contribution in [0.3, 0.4) is 0 Å². The number of anilines is 2. The van der Waals surface area contributed by atoms with E-state index in [2.05, 4.69) is 15.5 Å². The minimum absolute atomic E-state index is 0.181. The number of ether oxygens (including phenoxy) is 3. The molecule has 164 valence electrons. The van der Waals surface area contributed by atoms with E-state index >= 15 is 0 Å². The van der Waals surface area contributed by atoms with Crippen LogP contribution in [0.25, 0.3) is 0 Å². The Bertz CT molecular complexity index is 1220. The zero-order chi connectivity index (χ0) is 22.1. The number of carbonyl (C=O) groups is 1. The van der Waals surface area contributed by atoms with Crippen molar-refractivity contribution < 1.29 is 19.0 Å². The summed E-state index contributed by atoms with van der Waals surface area (Å²) in [6.45, 7) is 3.89. The number of fused-ring (bicyclic) bond motifs is 2. The lowest BCUT2D eigenvalue weighted by Crippen LogP contribution is -2.34. The monoisotopic (exact) mass is 435 g/mol. The van der Waals surface area contributed by atoms with Crippen LogP contribution in [0, 0.1) is 0 Å². The smallest absolute Gasteiger partial charge is 0.286 e. The van der Waals surface area contributed by atoms with Gasteiger partial charge in [0.05, 0.1) is 6.61 Å². The Labute approximate surface area is 183 Å². The van der Waals surface area contributed by atoms with Crippen molar-refractivity contribution in [3.63, 3.8) is 0 Å². The highest BCUT2D eigenvalue weighted by Gasteiger charge is 2.27. The molecule has 3 heterocycles. The second-order valence-corrected chi connectivity index (χ2v) is 7.25. The van der Waals surface area contributed by atoms with E-state index in [1.54, 1.807) is 12.1 Å². The lowest BCUT2D eigenvalue weighted by atomic mass is 10.2. The van der Waals surface area contributed by atoms with E-state index in [4.69, 9.17) is 14.2 Å². The van der Waals surface area contributed by atoms with Crippen molar-refractivity contribution in [2.75, 3.05) is 24.8 Å². The van der Waals surface area contributed by atoms with E-state index in [-0.39, 0.29) is 19.0 Å². The highest BCUT2D eigenvalue weighted by atomic mass is 16.7. The van der Waals surface area contributed by atoms with Gasteiger partial charge in [0.25, 0.3) is 11.5 Å². The lowest BCUT2D eigenvalue weighted by Gasteiger charge is -2.17. The molecule has 1 N–H and O–H groups in total. The minimum Gasteiger partial charge on any atom is -0.494 e. The number of benzene rings is 2. The van der Waals surface area contributed by atoms with Gasteiger partial charge in [0, 0.05) is 25.3 Å². The normalized spacial score (nSPS) is 13.7. The Morgan fingerprint density at radius 3 is 2.72 bits per heavy atom. The van der Waals surface area contributed by atoms with Crippen molar-refractivity contribution in [1.82, 2.24) is 20.1 Å². The van der Waals surface area contributed by atoms with Crippen molar-refractivity contribution in [1.29, 1.82) is 0 Å². The first-order valence-electron chi connectivity index (χ1n) is 10.3. The molecule has 3 aromatic rings. The summed E-state index contributed by atoms with van der Waals surface area (Å²) in [5, 5.41) is 10.8. The number of carbonyl (C=O) groups excluding carboxylic acids is 1. The van der Waals surface area contributed by atoms with Crippen LogP contribution in [-0.4, -0.2) is 40.6 Å². The molecule has 10 heteroatoms. The van der Waals surface area contributed by atoms with E-state index in [9.17, 15) is 9.59 Å². The van der Waals surface area contributed by atoms with Gasteiger partial charge in [-0.2, -0.15) is 0 Å². The third-order valence-electron chi connectivity index (χ3n) is 5.28. The van der Waals surface area contributed by atoms with E-state index in [1.807, 2.05) is 42.2 Å². The Morgan fingerprint density at radius 2 is 1.91 bits per heavy atom. The van der Waals surface area contributed by atoms with Crippen molar-refractivity contribution in [2.24, 2.45) is 0 Å². The summed E-state index contributed by atoms with van der Waals surface area (Å²) in [4.78, 5) is 27.4. The van der Waals surface area contributed by atoms with Gasteiger partial charge in [-0.1, -0.05) is 6.07 Å². The molecule has 0 bridgehead atoms. The number of hydrogen-bond acceptors (Lipinski definition) is 8. The van der Waals surface area contributed by atoms with Crippen molar-refractivity contribution in [3.05, 3.63) is 64.1 Å². The quantitative estimate of drug-likeness (QED) is 0.625. The summed E-state index contributed by atoms with van der Waals surface area (Å²) in [5.74, 6) is 1.90. The third-order valence-corrected chi connectivity index (χ3v) is 5.28. The minimum atomic E-state index is -0.574. The summed E-state index contributed by atoms with van der Waals surface area (Å²) >= 11 is 0. The molecule has 0 unspecified atom stereocenters. The summed E-state index contributed by atoms with van der Waals surface area (Å²) in [6, 6.07) is 12.9. The molecule has 0 saturated heterocycles. The maximum absolute atomic E-state index is 12.9. The molecular weight excluding hydrogens is 414 g/mol. The van der Waals surface area contributed by atoms with Gasteiger partial charge in [0.2, 0.25) is 18.4 Å². The van der Waals surface area contributed by atoms with Crippen LogP contribution in [0.4, 0.5) is 11.6 Å². The summed E-state index contributed by atoms with van der Waals surface area (Å²) in [7, 11) is 0. The maximum Gasteiger partial charge on any atom is 0.286 e. The van der Waals surface area contributed by atoms with Crippen molar-refractivity contribution >= 4 is 17.5 Å². The summed E-state index contributed by atoms with van der Waals surface area (Å²) in [6.07, 6.45) is 0. The fourth-order valence-corrected chi connectivity index (χ4v) is 3.70. The first-order chi connectivity index (χ1) is 15.6. The molecule has 0 atom stereocenters. The standard InChI is InChI=1S/C22H21N5O5/c1-2-30-16-6-4-15(5-7-16)26-9-10-27-21(29)19(24-25-22(26)27)20(28)23-12-14-3-8-17-18(11-14)32-13-31-17/h3-8,11H,2,9-10,12-13H2,1H3,(H,23,28). The Balaban J connectivity index is 1.31. The van der Waals surface area contributed by atoms with E-state index in [0.29, 0.717) is 37.1 Å². The van der Waals surface area contributed by atoms with E-state index in [1.165, 1.54) is 4.57 Å². The van der Waals surface area contributed by atoms with Crippen LogP contribution < -0.4 is 30.0 Å². The molecular formula is C22H21N5O5. The van der Waals surface area contributed by atoms with Gasteiger partial charge in [0.15, 0.2) is 11.5 Å². The molecule has 1 amide bonds. The van der Waals surface area contributed by atoms with E-state index < -0.39 is 11.5 Å². The number of nitrogens with zero attached hydrogens (tertiary/aromatic N) is 4. The average molecular weight is 435 g/mol. The first kappa shape index (κ1) is 19.9. The highest BCUT2D eigenvalue weighted by Crippen LogP contribution is 2.32. The Kier molecular flexibility index (Phi) is 5.10. The Morgan fingerprint density at radius 1 is 1.09 bits per heavy atom. The topological polar surface area (TPSA) is 108 Å². The zero-order valence-electron chi connectivity index (χ0n) is 17.4. The van der Waals surface area contributed by atoms with E-state index in [0.717, 1.165) is 17.0 Å². The number of rotatable bonds is 6. The summed E-state index contributed by atoms with van der Waals surface area (Å²) in [5.41, 5.74) is 0.988.